The maximum Gasteiger partial charge on any atom is 0.240 e. The van der Waals surface area contributed by atoms with Gasteiger partial charge in [0.2, 0.25) is 5.91 Å². The fourth-order valence-electron chi connectivity index (χ4n) is 4.82. The molecule has 0 N–H and O–H groups in total. The lowest BCUT2D eigenvalue weighted by Crippen LogP contribution is -2.56. The smallest absolute Gasteiger partial charge is 0.240 e. The van der Waals surface area contributed by atoms with Crippen LogP contribution in [0, 0.1) is 20.8 Å². The highest BCUT2D eigenvalue weighted by Crippen LogP contribution is 2.44. The number of rotatable bonds is 7. The molecule has 1 spiro atoms. The second kappa shape index (κ2) is 8.92. The number of benzene rings is 1. The number of carbonyl (C=O) groups excluding carboxylic acids is 2. The van der Waals surface area contributed by atoms with Crippen molar-refractivity contribution in [3.05, 3.63) is 34.4 Å². The standard InChI is InChI=1S/C22H32N2O5/c1-15-12-16(2)18(17(3)13-15)19-20(25)22(6-8-23(28-5)9-7-22)24(21(19)26)14-29-11-10-27-4/h12-13,19H,6-11,14H2,1-5H3. The van der Waals surface area contributed by atoms with E-state index < -0.39 is 11.5 Å². The SMILES string of the molecule is COCCOCN1C(=O)C(c2c(C)cc(C)cc2C)C(=O)C12CCN(OC)CC2. The van der Waals surface area contributed by atoms with Crippen molar-refractivity contribution in [2.75, 3.05) is 47.3 Å². The lowest BCUT2D eigenvalue weighted by molar-refractivity contribution is -0.173. The lowest BCUT2D eigenvalue weighted by atomic mass is 9.78. The number of methoxy groups -OCH3 is 1. The lowest BCUT2D eigenvalue weighted by Gasteiger charge is -2.42. The molecule has 2 aliphatic rings. The molecule has 7 nitrogen and oxygen atoms in total. The van der Waals surface area contributed by atoms with E-state index in [1.807, 2.05) is 38.0 Å². The Bertz CT molecular complexity index is 747. The van der Waals surface area contributed by atoms with E-state index >= 15 is 0 Å². The normalized spacial score (nSPS) is 22.1. The third kappa shape index (κ3) is 3.97. The molecule has 3 rings (SSSR count). The summed E-state index contributed by atoms with van der Waals surface area (Å²) in [6, 6.07) is 4.09. The molecular formula is C22H32N2O5. The Hall–Kier alpha value is -1.80. The van der Waals surface area contributed by atoms with Crippen LogP contribution in [0.3, 0.4) is 0 Å². The van der Waals surface area contributed by atoms with Crippen LogP contribution >= 0.6 is 0 Å². The van der Waals surface area contributed by atoms with Crippen molar-refractivity contribution in [1.82, 2.24) is 9.96 Å². The molecule has 1 unspecified atom stereocenters. The summed E-state index contributed by atoms with van der Waals surface area (Å²) in [6.45, 7) is 8.11. The predicted molar refractivity (Wildman–Crippen MR) is 108 cm³/mol. The Morgan fingerprint density at radius 2 is 1.66 bits per heavy atom. The number of Topliss-reactive ketones (excluding diaryl/α,β-unsaturated/α-hetero) is 1. The number of ketones is 1. The predicted octanol–water partition coefficient (Wildman–Crippen LogP) is 2.12. The van der Waals surface area contributed by atoms with E-state index in [9.17, 15) is 9.59 Å². The Balaban J connectivity index is 1.96. The first-order chi connectivity index (χ1) is 13.9. The van der Waals surface area contributed by atoms with E-state index in [0.29, 0.717) is 39.1 Å². The number of ether oxygens (including phenoxy) is 2. The molecule has 0 radical (unpaired) electrons. The third-order valence-electron chi connectivity index (χ3n) is 6.24. The van der Waals surface area contributed by atoms with Crippen LogP contribution in [0.25, 0.3) is 0 Å². The van der Waals surface area contributed by atoms with Crippen LogP contribution in [-0.2, 0) is 23.9 Å². The molecule has 1 amide bonds. The van der Waals surface area contributed by atoms with E-state index in [0.717, 1.165) is 22.3 Å². The summed E-state index contributed by atoms with van der Waals surface area (Å²) in [6.07, 6.45) is 1.08. The first kappa shape index (κ1) is 21.9. The molecule has 7 heteroatoms. The molecule has 0 aliphatic carbocycles. The van der Waals surface area contributed by atoms with Gasteiger partial charge in [-0.05, 0) is 50.3 Å². The van der Waals surface area contributed by atoms with Gasteiger partial charge in [-0.25, -0.2) is 0 Å². The van der Waals surface area contributed by atoms with Crippen LogP contribution in [0.4, 0.5) is 0 Å². The van der Waals surface area contributed by atoms with Gasteiger partial charge in [0.25, 0.3) is 0 Å². The summed E-state index contributed by atoms with van der Waals surface area (Å²) in [5.74, 6) is -0.937. The zero-order chi connectivity index (χ0) is 21.2. The van der Waals surface area contributed by atoms with E-state index in [1.165, 1.54) is 0 Å². The van der Waals surface area contributed by atoms with Gasteiger partial charge < -0.3 is 19.2 Å². The molecule has 1 aromatic carbocycles. The molecule has 2 heterocycles. The average Bonchev–Trinajstić information content (AvgIpc) is 2.87. The molecule has 1 aromatic rings. The number of aryl methyl sites for hydroxylation is 3. The van der Waals surface area contributed by atoms with Crippen LogP contribution in [0.1, 0.15) is 41.0 Å². The summed E-state index contributed by atoms with van der Waals surface area (Å²) in [5.41, 5.74) is 3.11. The minimum absolute atomic E-state index is 0.0105. The Labute approximate surface area is 172 Å². The van der Waals surface area contributed by atoms with Gasteiger partial charge in [-0.2, -0.15) is 5.06 Å². The molecular weight excluding hydrogens is 372 g/mol. The second-order valence-electron chi connectivity index (χ2n) is 8.05. The van der Waals surface area contributed by atoms with E-state index in [1.54, 1.807) is 19.1 Å². The van der Waals surface area contributed by atoms with Crippen LogP contribution in [0.2, 0.25) is 0 Å². The number of nitrogens with zero attached hydrogens (tertiary/aromatic N) is 2. The van der Waals surface area contributed by atoms with E-state index in [4.69, 9.17) is 14.3 Å². The summed E-state index contributed by atoms with van der Waals surface area (Å²) >= 11 is 0. The Kier molecular flexibility index (Phi) is 6.73. The zero-order valence-corrected chi connectivity index (χ0v) is 18.1. The van der Waals surface area contributed by atoms with Crippen LogP contribution in [0.5, 0.6) is 0 Å². The van der Waals surface area contributed by atoms with E-state index in [2.05, 4.69) is 0 Å². The maximum atomic E-state index is 13.8. The van der Waals surface area contributed by atoms with Gasteiger partial charge in [-0.15, -0.1) is 0 Å². The van der Waals surface area contributed by atoms with Gasteiger partial charge in [-0.1, -0.05) is 17.7 Å². The Morgan fingerprint density at radius 3 is 2.21 bits per heavy atom. The summed E-state index contributed by atoms with van der Waals surface area (Å²) < 4.78 is 10.7. The zero-order valence-electron chi connectivity index (χ0n) is 18.1. The van der Waals surface area contributed by atoms with Crippen LogP contribution < -0.4 is 0 Å². The largest absolute Gasteiger partial charge is 0.382 e. The number of likely N-dealkylation sites (tertiary alicyclic amines) is 1. The topological polar surface area (TPSA) is 68.3 Å². The van der Waals surface area contributed by atoms with Gasteiger partial charge in [0.15, 0.2) is 5.78 Å². The van der Waals surface area contributed by atoms with Crippen molar-refractivity contribution in [3.63, 3.8) is 0 Å². The summed E-state index contributed by atoms with van der Waals surface area (Å²) in [4.78, 5) is 34.3. The highest BCUT2D eigenvalue weighted by Gasteiger charge is 2.59. The first-order valence-corrected chi connectivity index (χ1v) is 10.1. The second-order valence-corrected chi connectivity index (χ2v) is 8.05. The molecule has 29 heavy (non-hydrogen) atoms. The Morgan fingerprint density at radius 1 is 1.03 bits per heavy atom. The minimum Gasteiger partial charge on any atom is -0.382 e. The number of piperidine rings is 1. The van der Waals surface area contributed by atoms with Crippen molar-refractivity contribution >= 4 is 11.7 Å². The number of carbonyl (C=O) groups is 2. The third-order valence-corrected chi connectivity index (χ3v) is 6.24. The highest BCUT2D eigenvalue weighted by molar-refractivity contribution is 6.17. The molecule has 0 aromatic heterocycles. The molecule has 2 aliphatic heterocycles. The molecule has 0 saturated carbocycles. The van der Waals surface area contributed by atoms with Crippen LogP contribution in [-0.4, -0.2) is 74.4 Å². The fraction of sp³-hybridized carbons (Fsp3) is 0.636. The van der Waals surface area contributed by atoms with Crippen molar-refractivity contribution in [2.24, 2.45) is 0 Å². The minimum atomic E-state index is -0.840. The summed E-state index contributed by atoms with van der Waals surface area (Å²) in [5, 5.41) is 1.84. The molecule has 1 atom stereocenters. The summed E-state index contributed by atoms with van der Waals surface area (Å²) in [7, 11) is 3.24. The average molecular weight is 405 g/mol. The molecule has 2 saturated heterocycles. The number of hydroxylamine groups is 2. The fourth-order valence-corrected chi connectivity index (χ4v) is 4.82. The van der Waals surface area contributed by atoms with Crippen molar-refractivity contribution in [3.8, 4) is 0 Å². The van der Waals surface area contributed by atoms with Gasteiger partial charge >= 0.3 is 0 Å². The van der Waals surface area contributed by atoms with Crippen molar-refractivity contribution < 1.29 is 23.9 Å². The van der Waals surface area contributed by atoms with Gasteiger partial charge in [0.05, 0.1) is 20.3 Å². The first-order valence-electron chi connectivity index (χ1n) is 10.1. The molecule has 0 bridgehead atoms. The number of hydrogen-bond donors (Lipinski definition) is 0. The monoisotopic (exact) mass is 404 g/mol. The molecule has 2 fully saturated rings. The van der Waals surface area contributed by atoms with Crippen molar-refractivity contribution in [1.29, 1.82) is 0 Å². The number of amides is 1. The maximum absolute atomic E-state index is 13.8. The van der Waals surface area contributed by atoms with Crippen LogP contribution in [0.15, 0.2) is 12.1 Å². The quantitative estimate of drug-likeness (QED) is 0.512. The number of hydrogen-bond acceptors (Lipinski definition) is 6. The van der Waals surface area contributed by atoms with Gasteiger partial charge in [0, 0.05) is 20.2 Å². The van der Waals surface area contributed by atoms with Gasteiger partial charge in [-0.3, -0.25) is 9.59 Å². The van der Waals surface area contributed by atoms with Gasteiger partial charge in [0.1, 0.15) is 18.2 Å². The van der Waals surface area contributed by atoms with Crippen molar-refractivity contribution in [2.45, 2.75) is 45.1 Å². The molecule has 160 valence electrons. The highest BCUT2D eigenvalue weighted by atomic mass is 16.7. The van der Waals surface area contributed by atoms with E-state index in [-0.39, 0.29) is 18.4 Å².